The number of ether oxygens (including phenoxy) is 5. The first-order valence-electron chi connectivity index (χ1n) is 22.3. The average molecular weight is 889 g/mol. The maximum atomic E-state index is 14.8. The number of amides is 1. The van der Waals surface area contributed by atoms with Crippen LogP contribution >= 0.6 is 0 Å². The molecular formula is C50H56N4O11. The molecule has 342 valence electrons. The van der Waals surface area contributed by atoms with Crippen molar-refractivity contribution in [1.29, 1.82) is 0 Å². The van der Waals surface area contributed by atoms with Gasteiger partial charge in [0.05, 0.1) is 28.9 Å². The van der Waals surface area contributed by atoms with Gasteiger partial charge < -0.3 is 43.6 Å². The summed E-state index contributed by atoms with van der Waals surface area (Å²) in [5, 5.41) is 36.1. The summed E-state index contributed by atoms with van der Waals surface area (Å²) in [5.74, 6) is -0.274. The predicted octanol–water partition coefficient (Wildman–Crippen LogP) is 8.21. The van der Waals surface area contributed by atoms with E-state index in [2.05, 4.69) is 17.6 Å². The van der Waals surface area contributed by atoms with E-state index in [1.807, 2.05) is 43.3 Å². The van der Waals surface area contributed by atoms with Crippen molar-refractivity contribution in [3.05, 3.63) is 141 Å². The Bertz CT molecular complexity index is 2420. The number of rotatable bonds is 20. The number of fused-ring (bicyclic) bond motifs is 3. The average Bonchev–Trinajstić information content (AvgIpc) is 3.79. The number of hydrogen-bond acceptors (Lipinski definition) is 13. The zero-order valence-corrected chi connectivity index (χ0v) is 36.8. The number of oxime groups is 1. The maximum absolute atomic E-state index is 14.8. The molecule has 1 amide bonds. The molecule has 1 saturated carbocycles. The molecule has 0 radical (unpaired) electrons. The van der Waals surface area contributed by atoms with E-state index in [0.29, 0.717) is 52.7 Å². The van der Waals surface area contributed by atoms with Gasteiger partial charge in [-0.2, -0.15) is 0 Å². The molecule has 3 aromatic carbocycles. The standard InChI is InChI=1S/C50H56N4O11/c1-4-24-63-50-46(53(3)49(57)35-16-20-44-45(26-35)62-31-61-44)28-42(52-64-29-33-14-17-37(18-15-33)54(58)59)40-25-34(11-5-7-22-55)39(13-6-8-23-56)47(48(40)50)41-27-38(19-21-43(41)65-50)60-30-36-12-9-10-32(2)51-36/h4,9-10,12,14-21,25-27,34,39,46-48,55-56H,1,5-8,11,13,22-24,28-31H2,2-3H3. The zero-order chi connectivity index (χ0) is 45.5. The summed E-state index contributed by atoms with van der Waals surface area (Å²) in [5.41, 5.74) is 5.14. The van der Waals surface area contributed by atoms with Gasteiger partial charge >= 0.3 is 0 Å². The summed E-state index contributed by atoms with van der Waals surface area (Å²) in [6.45, 7) is 6.56. The van der Waals surface area contributed by atoms with E-state index in [0.717, 1.165) is 48.2 Å². The van der Waals surface area contributed by atoms with Crippen LogP contribution in [0, 0.1) is 34.8 Å². The molecule has 6 atom stereocenters. The number of nitrogens with zero attached hydrogens (tertiary/aromatic N) is 4. The number of likely N-dealkylation sites (N-methyl/N-ethyl adjacent to an activating group) is 1. The third-order valence-electron chi connectivity index (χ3n) is 12.9. The van der Waals surface area contributed by atoms with Crippen molar-refractivity contribution >= 4 is 17.3 Å². The normalized spacial score (nSPS) is 23.1. The van der Waals surface area contributed by atoms with Gasteiger partial charge in [0.25, 0.3) is 11.6 Å². The van der Waals surface area contributed by atoms with Crippen LogP contribution in [0.15, 0.2) is 108 Å². The van der Waals surface area contributed by atoms with Crippen LogP contribution in [-0.2, 0) is 22.8 Å². The lowest BCUT2D eigenvalue weighted by atomic mass is 9.55. The van der Waals surface area contributed by atoms with E-state index in [1.54, 1.807) is 48.4 Å². The Morgan fingerprint density at radius 1 is 0.985 bits per heavy atom. The van der Waals surface area contributed by atoms with E-state index in [-0.39, 0.29) is 75.6 Å². The minimum atomic E-state index is -1.46. The number of aromatic nitrogens is 1. The lowest BCUT2D eigenvalue weighted by molar-refractivity contribution is -0.384. The first-order chi connectivity index (χ1) is 31.6. The van der Waals surface area contributed by atoms with Crippen LogP contribution in [-0.4, -0.2) is 82.1 Å². The van der Waals surface area contributed by atoms with Crippen LogP contribution in [0.2, 0.25) is 0 Å². The third-order valence-corrected chi connectivity index (χ3v) is 12.9. The Morgan fingerprint density at radius 2 is 1.75 bits per heavy atom. The van der Waals surface area contributed by atoms with Gasteiger partial charge in [-0.25, -0.2) is 0 Å². The van der Waals surface area contributed by atoms with Crippen molar-refractivity contribution < 1.29 is 48.5 Å². The number of benzene rings is 3. The number of nitro groups is 1. The fourth-order valence-corrected chi connectivity index (χ4v) is 9.93. The molecule has 3 heterocycles. The molecule has 15 heteroatoms. The highest BCUT2D eigenvalue weighted by atomic mass is 16.7. The number of carbonyl (C=O) groups excluding carboxylic acids is 1. The smallest absolute Gasteiger partial charge is 0.269 e. The Balaban J connectivity index is 1.27. The largest absolute Gasteiger partial charge is 0.487 e. The molecule has 0 bridgehead atoms. The maximum Gasteiger partial charge on any atom is 0.269 e. The molecule has 4 aromatic rings. The minimum absolute atomic E-state index is 0.00735. The van der Waals surface area contributed by atoms with Crippen LogP contribution in [0.1, 0.15) is 83.7 Å². The number of non-ortho nitro benzene ring substituents is 1. The van der Waals surface area contributed by atoms with Crippen LogP contribution in [0.5, 0.6) is 23.0 Å². The van der Waals surface area contributed by atoms with Crippen LogP contribution in [0.25, 0.3) is 0 Å². The molecule has 2 N–H and O–H groups in total. The number of aliphatic hydroxyl groups excluding tert-OH is 2. The van der Waals surface area contributed by atoms with Gasteiger partial charge in [-0.05, 0) is 116 Å². The molecule has 8 rings (SSSR count). The summed E-state index contributed by atoms with van der Waals surface area (Å²) in [6.07, 6.45) is 8.49. The summed E-state index contributed by atoms with van der Waals surface area (Å²) >= 11 is 0. The number of nitro benzene ring substituents is 1. The second-order valence-corrected chi connectivity index (χ2v) is 17.0. The molecule has 1 aromatic heterocycles. The molecule has 6 unspecified atom stereocenters. The highest BCUT2D eigenvalue weighted by Crippen LogP contribution is 2.62. The molecule has 0 saturated heterocycles. The predicted molar refractivity (Wildman–Crippen MR) is 241 cm³/mol. The van der Waals surface area contributed by atoms with E-state index in [1.165, 1.54) is 12.1 Å². The van der Waals surface area contributed by atoms with Gasteiger partial charge in [0.2, 0.25) is 12.6 Å². The Kier molecular flexibility index (Phi) is 14.1. The molecule has 2 aliphatic heterocycles. The number of unbranched alkanes of at least 4 members (excludes halogenated alkanes) is 2. The lowest BCUT2D eigenvalue weighted by Crippen LogP contribution is -2.69. The summed E-state index contributed by atoms with van der Waals surface area (Å²) in [6, 6.07) is 22.2. The third kappa shape index (κ3) is 9.58. The van der Waals surface area contributed by atoms with Crippen molar-refractivity contribution in [3.63, 3.8) is 0 Å². The first-order valence-corrected chi connectivity index (χ1v) is 22.3. The van der Waals surface area contributed by atoms with Gasteiger partial charge in [-0.15, -0.1) is 6.58 Å². The highest BCUT2D eigenvalue weighted by molar-refractivity contribution is 6.03. The molecule has 65 heavy (non-hydrogen) atoms. The number of aryl methyl sites for hydroxylation is 1. The number of aliphatic hydroxyl groups is 2. The molecule has 0 spiro atoms. The molecule has 4 aliphatic rings. The van der Waals surface area contributed by atoms with Crippen molar-refractivity contribution in [2.45, 2.75) is 82.8 Å². The Hall–Kier alpha value is -6.29. The van der Waals surface area contributed by atoms with Gasteiger partial charge in [-0.1, -0.05) is 36.2 Å². The van der Waals surface area contributed by atoms with E-state index in [4.69, 9.17) is 33.7 Å². The van der Waals surface area contributed by atoms with Crippen molar-refractivity contribution in [2.75, 3.05) is 33.7 Å². The Labute approximate surface area is 378 Å². The van der Waals surface area contributed by atoms with Crippen LogP contribution < -0.4 is 18.9 Å². The molecular weight excluding hydrogens is 833 g/mol. The van der Waals surface area contributed by atoms with Crippen molar-refractivity contribution in [2.24, 2.45) is 22.9 Å². The SMILES string of the molecule is C=CCOC12Oc3ccc(OCc4cccc(C)n4)cc3C3C(CCCCO)C(CCCCO)C=C(C(=NOCc4ccc([N+](=O)[O-])cc4)CC1N(C)C(=O)c1ccc4c(c1)OCO4)C32. The number of hydrogen-bond donors (Lipinski definition) is 2. The summed E-state index contributed by atoms with van der Waals surface area (Å²) in [7, 11) is 1.74. The molecule has 1 fully saturated rings. The fourth-order valence-electron chi connectivity index (χ4n) is 9.93. The van der Waals surface area contributed by atoms with Gasteiger partial charge in [0, 0.05) is 61.6 Å². The van der Waals surface area contributed by atoms with Crippen molar-refractivity contribution in [3.8, 4) is 23.0 Å². The molecule has 2 aliphatic carbocycles. The molecule has 15 nitrogen and oxygen atoms in total. The minimum Gasteiger partial charge on any atom is -0.487 e. The lowest BCUT2D eigenvalue weighted by Gasteiger charge is -2.59. The van der Waals surface area contributed by atoms with Gasteiger partial charge in [-0.3, -0.25) is 19.9 Å². The topological polar surface area (TPSA) is 185 Å². The summed E-state index contributed by atoms with van der Waals surface area (Å²) < 4.78 is 32.0. The van der Waals surface area contributed by atoms with Gasteiger partial charge in [0.1, 0.15) is 30.8 Å². The van der Waals surface area contributed by atoms with Crippen LogP contribution in [0.3, 0.4) is 0 Å². The second kappa shape index (κ2) is 20.3. The Morgan fingerprint density at radius 3 is 2.51 bits per heavy atom. The fraction of sp³-hybridized carbons (Fsp3) is 0.420. The number of pyridine rings is 1. The van der Waals surface area contributed by atoms with Crippen LogP contribution in [0.4, 0.5) is 5.69 Å². The van der Waals surface area contributed by atoms with Gasteiger partial charge in [0.15, 0.2) is 11.5 Å². The van der Waals surface area contributed by atoms with Crippen molar-refractivity contribution in [1.82, 2.24) is 9.88 Å². The van der Waals surface area contributed by atoms with E-state index < -0.39 is 22.7 Å². The first kappa shape index (κ1) is 45.3. The highest BCUT2D eigenvalue weighted by Gasteiger charge is 2.65. The zero-order valence-electron chi connectivity index (χ0n) is 36.8. The second-order valence-electron chi connectivity index (χ2n) is 17.0. The van der Waals surface area contributed by atoms with E-state index in [9.17, 15) is 25.1 Å². The summed E-state index contributed by atoms with van der Waals surface area (Å²) in [4.78, 5) is 38.2. The number of allylic oxidation sites excluding steroid dienone is 1. The monoisotopic (exact) mass is 888 g/mol. The van der Waals surface area contributed by atoms with E-state index >= 15 is 0 Å². The quantitative estimate of drug-likeness (QED) is 0.0376. The number of carbonyl (C=O) groups is 1.